The molecule has 1 aromatic carbocycles. The third-order valence-electron chi connectivity index (χ3n) is 4.36. The van der Waals surface area contributed by atoms with Gasteiger partial charge < -0.3 is 10.0 Å². The van der Waals surface area contributed by atoms with Crippen LogP contribution in [0.2, 0.25) is 0 Å². The Balaban J connectivity index is 1.79. The number of piperidine rings is 1. The number of benzene rings is 1. The first-order valence-electron chi connectivity index (χ1n) is 8.14. The normalized spacial score (nSPS) is 17.7. The fraction of sp³-hybridized carbons (Fsp3) is 0.412. The van der Waals surface area contributed by atoms with E-state index in [-0.39, 0.29) is 18.4 Å². The molecule has 1 aliphatic rings. The van der Waals surface area contributed by atoms with E-state index in [1.165, 1.54) is 0 Å². The number of amides is 1. The highest BCUT2D eigenvalue weighted by molar-refractivity contribution is 5.95. The maximum Gasteiger partial charge on any atom is 0.303 e. The summed E-state index contributed by atoms with van der Waals surface area (Å²) in [5.41, 5.74) is 1.36. The number of rotatable bonds is 5. The van der Waals surface area contributed by atoms with Crippen molar-refractivity contribution in [2.75, 3.05) is 6.54 Å². The minimum absolute atomic E-state index is 0.00243. The number of hydrogen-bond donors (Lipinski definition) is 1. The molecule has 7 heteroatoms. The Hall–Kier alpha value is -2.70. The fourth-order valence-electron chi connectivity index (χ4n) is 3.15. The van der Waals surface area contributed by atoms with E-state index >= 15 is 0 Å². The van der Waals surface area contributed by atoms with Crippen LogP contribution in [0.15, 0.2) is 36.7 Å². The quantitative estimate of drug-likeness (QED) is 0.908. The lowest BCUT2D eigenvalue weighted by molar-refractivity contribution is -0.137. The van der Waals surface area contributed by atoms with Crippen molar-refractivity contribution < 1.29 is 14.7 Å². The van der Waals surface area contributed by atoms with Crippen LogP contribution in [-0.4, -0.2) is 49.5 Å². The van der Waals surface area contributed by atoms with Gasteiger partial charge in [-0.05, 0) is 43.9 Å². The first kappa shape index (κ1) is 16.2. The monoisotopic (exact) mass is 328 g/mol. The highest BCUT2D eigenvalue weighted by atomic mass is 16.4. The minimum Gasteiger partial charge on any atom is -0.481 e. The molecule has 126 valence electrons. The lowest BCUT2D eigenvalue weighted by atomic mass is 9.97. The number of carboxylic acid groups (broad SMARTS) is 1. The lowest BCUT2D eigenvalue weighted by Crippen LogP contribution is -2.44. The number of carbonyl (C=O) groups excluding carboxylic acids is 1. The molecule has 1 aliphatic heterocycles. The number of carboxylic acids is 1. The van der Waals surface area contributed by atoms with Crippen LogP contribution >= 0.6 is 0 Å². The van der Waals surface area contributed by atoms with Crippen LogP contribution in [0, 0.1) is 0 Å². The van der Waals surface area contributed by atoms with E-state index in [1.807, 2.05) is 17.0 Å². The Kier molecular flexibility index (Phi) is 4.88. The lowest BCUT2D eigenvalue weighted by Gasteiger charge is -2.35. The summed E-state index contributed by atoms with van der Waals surface area (Å²) in [6.45, 7) is 0.677. The molecule has 1 fully saturated rings. The van der Waals surface area contributed by atoms with Gasteiger partial charge in [-0.2, -0.15) is 0 Å². The zero-order valence-electron chi connectivity index (χ0n) is 13.3. The first-order valence-corrected chi connectivity index (χ1v) is 8.14. The Morgan fingerprint density at radius 2 is 2.17 bits per heavy atom. The molecule has 7 nitrogen and oxygen atoms in total. The van der Waals surface area contributed by atoms with Gasteiger partial charge in [-0.25, -0.2) is 4.68 Å². The van der Waals surface area contributed by atoms with E-state index in [2.05, 4.69) is 10.3 Å². The van der Waals surface area contributed by atoms with Crippen LogP contribution in [0.5, 0.6) is 0 Å². The van der Waals surface area contributed by atoms with Crippen molar-refractivity contribution in [2.45, 2.75) is 38.1 Å². The van der Waals surface area contributed by atoms with Crippen molar-refractivity contribution in [1.29, 1.82) is 0 Å². The van der Waals surface area contributed by atoms with Gasteiger partial charge in [0.25, 0.3) is 5.91 Å². The van der Waals surface area contributed by atoms with Gasteiger partial charge in [0.2, 0.25) is 0 Å². The van der Waals surface area contributed by atoms with Crippen molar-refractivity contribution >= 4 is 11.9 Å². The summed E-state index contributed by atoms with van der Waals surface area (Å²) in [6, 6.07) is 7.26. The zero-order chi connectivity index (χ0) is 16.9. The molecule has 0 aliphatic carbocycles. The summed E-state index contributed by atoms with van der Waals surface area (Å²) in [4.78, 5) is 25.6. The second kappa shape index (κ2) is 7.25. The Bertz CT molecular complexity index is 714. The number of aromatic nitrogens is 3. The molecule has 2 heterocycles. The highest BCUT2D eigenvalue weighted by Crippen LogP contribution is 2.23. The summed E-state index contributed by atoms with van der Waals surface area (Å²) in [6.07, 6.45) is 6.76. The summed E-state index contributed by atoms with van der Waals surface area (Å²) in [5.74, 6) is -0.867. The summed E-state index contributed by atoms with van der Waals surface area (Å²) in [7, 11) is 0. The number of nitrogens with zero attached hydrogens (tertiary/aromatic N) is 4. The topological polar surface area (TPSA) is 88.3 Å². The second-order valence-corrected chi connectivity index (χ2v) is 5.98. The van der Waals surface area contributed by atoms with Gasteiger partial charge in [-0.15, -0.1) is 5.10 Å². The predicted octanol–water partition coefficient (Wildman–Crippen LogP) is 2.13. The summed E-state index contributed by atoms with van der Waals surface area (Å²) < 4.78 is 1.61. The standard InChI is InChI=1S/C17H20N4O3/c22-16(23)8-7-14-5-1-2-10-20(14)17(24)13-4-3-6-15(12-13)21-11-9-18-19-21/h3-4,6,9,11-12,14H,1-2,5,7-8,10H2,(H,22,23)/t14-/m1/s1. The molecule has 1 saturated heterocycles. The molecule has 3 rings (SSSR count). The third kappa shape index (κ3) is 3.61. The third-order valence-corrected chi connectivity index (χ3v) is 4.36. The van der Waals surface area contributed by atoms with Gasteiger partial charge in [0.1, 0.15) is 0 Å². The molecule has 2 aromatic rings. The smallest absolute Gasteiger partial charge is 0.303 e. The fourth-order valence-corrected chi connectivity index (χ4v) is 3.15. The van der Waals surface area contributed by atoms with Gasteiger partial charge in [0.15, 0.2) is 0 Å². The van der Waals surface area contributed by atoms with Gasteiger partial charge in [0, 0.05) is 24.6 Å². The largest absolute Gasteiger partial charge is 0.481 e. The predicted molar refractivity (Wildman–Crippen MR) is 86.9 cm³/mol. The van der Waals surface area contributed by atoms with Crippen molar-refractivity contribution in [2.24, 2.45) is 0 Å². The van der Waals surface area contributed by atoms with Crippen LogP contribution in [-0.2, 0) is 4.79 Å². The van der Waals surface area contributed by atoms with Gasteiger partial charge in [-0.3, -0.25) is 9.59 Å². The van der Waals surface area contributed by atoms with Crippen LogP contribution < -0.4 is 0 Å². The van der Waals surface area contributed by atoms with E-state index in [9.17, 15) is 9.59 Å². The number of hydrogen-bond acceptors (Lipinski definition) is 4. The molecular weight excluding hydrogens is 308 g/mol. The minimum atomic E-state index is -0.818. The van der Waals surface area contributed by atoms with Crippen LogP contribution in [0.4, 0.5) is 0 Å². The SMILES string of the molecule is O=C(O)CC[C@H]1CCCCN1C(=O)c1cccc(-n2ccnn2)c1. The van der Waals surface area contributed by atoms with Crippen molar-refractivity contribution in [3.8, 4) is 5.69 Å². The molecule has 1 N–H and O–H groups in total. The molecule has 1 aromatic heterocycles. The molecule has 0 unspecified atom stereocenters. The maximum atomic E-state index is 12.9. The maximum absolute atomic E-state index is 12.9. The molecule has 1 amide bonds. The van der Waals surface area contributed by atoms with E-state index in [0.29, 0.717) is 18.5 Å². The number of aliphatic carboxylic acids is 1. The molecule has 0 radical (unpaired) electrons. The number of likely N-dealkylation sites (tertiary alicyclic amines) is 1. The van der Waals surface area contributed by atoms with Crippen LogP contribution in [0.25, 0.3) is 5.69 Å². The summed E-state index contributed by atoms with van der Waals surface area (Å²) >= 11 is 0. The summed E-state index contributed by atoms with van der Waals surface area (Å²) in [5, 5.41) is 16.6. The van der Waals surface area contributed by atoms with E-state index in [1.54, 1.807) is 29.2 Å². The van der Waals surface area contributed by atoms with Crippen LogP contribution in [0.3, 0.4) is 0 Å². The van der Waals surface area contributed by atoms with Crippen molar-refractivity contribution in [1.82, 2.24) is 19.9 Å². The molecule has 0 bridgehead atoms. The second-order valence-electron chi connectivity index (χ2n) is 5.98. The Labute approximate surface area is 139 Å². The van der Waals surface area contributed by atoms with Gasteiger partial charge >= 0.3 is 5.97 Å². The van der Waals surface area contributed by atoms with Crippen molar-refractivity contribution in [3.05, 3.63) is 42.2 Å². The molecule has 24 heavy (non-hydrogen) atoms. The van der Waals surface area contributed by atoms with Crippen LogP contribution in [0.1, 0.15) is 42.5 Å². The molecular formula is C17H20N4O3. The average Bonchev–Trinajstić information content (AvgIpc) is 3.14. The van der Waals surface area contributed by atoms with E-state index in [4.69, 9.17) is 5.11 Å². The first-order chi connectivity index (χ1) is 11.6. The highest BCUT2D eigenvalue weighted by Gasteiger charge is 2.27. The van der Waals surface area contributed by atoms with Crippen molar-refractivity contribution in [3.63, 3.8) is 0 Å². The zero-order valence-corrected chi connectivity index (χ0v) is 13.3. The van der Waals surface area contributed by atoms with Gasteiger partial charge in [-0.1, -0.05) is 11.3 Å². The Morgan fingerprint density at radius 1 is 1.29 bits per heavy atom. The molecule has 1 atom stereocenters. The average molecular weight is 328 g/mol. The molecule has 0 spiro atoms. The van der Waals surface area contributed by atoms with Gasteiger partial charge in [0.05, 0.1) is 18.1 Å². The Morgan fingerprint density at radius 3 is 2.92 bits per heavy atom. The van der Waals surface area contributed by atoms with E-state index < -0.39 is 5.97 Å². The number of carbonyl (C=O) groups is 2. The molecule has 0 saturated carbocycles. The van der Waals surface area contributed by atoms with E-state index in [0.717, 1.165) is 24.9 Å².